The van der Waals surface area contributed by atoms with E-state index in [0.717, 1.165) is 24.0 Å². The van der Waals surface area contributed by atoms with Gasteiger partial charge < -0.3 is 14.6 Å². The maximum Gasteiger partial charge on any atom is 0.335 e. The number of benzene rings is 1. The number of carbonyl (C=O) groups is 1. The minimum atomic E-state index is -0.619. The molecule has 0 radical (unpaired) electrons. The third-order valence-electron chi connectivity index (χ3n) is 3.95. The number of esters is 1. The van der Waals surface area contributed by atoms with Gasteiger partial charge in [-0.15, -0.1) is 0 Å². The predicted molar refractivity (Wildman–Crippen MR) is 103 cm³/mol. The lowest BCUT2D eigenvalue weighted by atomic mass is 10.1. The average Bonchev–Trinajstić information content (AvgIpc) is 2.71. The van der Waals surface area contributed by atoms with Gasteiger partial charge in [0.15, 0.2) is 5.82 Å². The number of hydrogen-bond donors (Lipinski definition) is 1. The van der Waals surface area contributed by atoms with Crippen LogP contribution < -0.4 is 4.74 Å². The Morgan fingerprint density at radius 2 is 1.81 bits per heavy atom. The quantitative estimate of drug-likeness (QED) is 0.371. The number of hydrogen-bond acceptors (Lipinski definition) is 6. The van der Waals surface area contributed by atoms with Gasteiger partial charge in [-0.3, -0.25) is 0 Å². The van der Waals surface area contributed by atoms with Crippen molar-refractivity contribution in [2.75, 3.05) is 19.8 Å². The Balaban J connectivity index is 1.80. The lowest BCUT2D eigenvalue weighted by Gasteiger charge is -2.08. The van der Waals surface area contributed by atoms with E-state index in [1.165, 1.54) is 12.8 Å². The van der Waals surface area contributed by atoms with E-state index in [-0.39, 0.29) is 18.8 Å². The van der Waals surface area contributed by atoms with Crippen molar-refractivity contribution in [1.82, 2.24) is 9.97 Å². The lowest BCUT2D eigenvalue weighted by Crippen LogP contribution is -2.14. The fraction of sp³-hybridized carbons (Fsp3) is 0.381. The lowest BCUT2D eigenvalue weighted by molar-refractivity contribution is -0.140. The summed E-state index contributed by atoms with van der Waals surface area (Å²) in [5, 5.41) is 8.78. The van der Waals surface area contributed by atoms with Crippen LogP contribution in [0.4, 0.5) is 0 Å². The molecule has 0 saturated heterocycles. The van der Waals surface area contributed by atoms with Crippen LogP contribution in [0.3, 0.4) is 0 Å². The molecular weight excluding hydrogens is 344 g/mol. The molecule has 1 heterocycles. The molecule has 27 heavy (non-hydrogen) atoms. The van der Waals surface area contributed by atoms with Crippen LogP contribution in [0.2, 0.25) is 0 Å². The number of aliphatic hydroxyl groups is 1. The van der Waals surface area contributed by atoms with E-state index in [4.69, 9.17) is 14.6 Å². The monoisotopic (exact) mass is 370 g/mol. The highest BCUT2D eigenvalue weighted by Gasteiger charge is 2.07. The van der Waals surface area contributed by atoms with Crippen LogP contribution in [0.5, 0.6) is 5.75 Å². The highest BCUT2D eigenvalue weighted by Crippen LogP contribution is 2.19. The van der Waals surface area contributed by atoms with Crippen molar-refractivity contribution < 1.29 is 19.4 Å². The number of aromatic nitrogens is 2. The molecule has 6 nitrogen and oxygen atoms in total. The van der Waals surface area contributed by atoms with Gasteiger partial charge in [-0.25, -0.2) is 14.8 Å². The van der Waals surface area contributed by atoms with Crippen LogP contribution >= 0.6 is 0 Å². The molecule has 2 aromatic rings. The number of ether oxygens (including phenoxy) is 2. The molecule has 0 fully saturated rings. The molecule has 2 rings (SSSR count). The molecular formula is C21H26N2O4. The zero-order valence-corrected chi connectivity index (χ0v) is 15.7. The van der Waals surface area contributed by atoms with E-state index in [1.54, 1.807) is 0 Å². The van der Waals surface area contributed by atoms with Gasteiger partial charge in [-0.1, -0.05) is 26.3 Å². The minimum Gasteiger partial charge on any atom is -0.490 e. The first-order valence-corrected chi connectivity index (χ1v) is 9.14. The maximum atomic E-state index is 11.3. The molecule has 0 spiro atoms. The SMILES string of the molecule is C=C(CO)C(=O)OCCOc1ccc(-c2ncc(CCCCC)cn2)cc1. The van der Waals surface area contributed by atoms with Crippen LogP contribution in [-0.2, 0) is 16.0 Å². The molecule has 1 aromatic carbocycles. The Morgan fingerprint density at radius 1 is 1.11 bits per heavy atom. The molecule has 144 valence electrons. The Kier molecular flexibility index (Phi) is 8.45. The van der Waals surface area contributed by atoms with Crippen LogP contribution in [0.15, 0.2) is 48.8 Å². The molecule has 0 aliphatic rings. The molecule has 0 unspecified atom stereocenters. The average molecular weight is 370 g/mol. The molecule has 0 atom stereocenters. The first-order chi connectivity index (χ1) is 13.1. The van der Waals surface area contributed by atoms with Gasteiger partial charge in [-0.05, 0) is 42.7 Å². The Bertz CT molecular complexity index is 727. The number of aliphatic hydroxyl groups excluding tert-OH is 1. The van der Waals surface area contributed by atoms with Gasteiger partial charge in [0.25, 0.3) is 0 Å². The van der Waals surface area contributed by atoms with Crippen molar-refractivity contribution in [2.45, 2.75) is 32.6 Å². The van der Waals surface area contributed by atoms with Crippen molar-refractivity contribution >= 4 is 5.97 Å². The van der Waals surface area contributed by atoms with Gasteiger partial charge in [-0.2, -0.15) is 0 Å². The van der Waals surface area contributed by atoms with E-state index in [1.807, 2.05) is 36.7 Å². The summed E-state index contributed by atoms with van der Waals surface area (Å²) >= 11 is 0. The zero-order chi connectivity index (χ0) is 19.5. The summed E-state index contributed by atoms with van der Waals surface area (Å²) < 4.78 is 10.4. The number of unbranched alkanes of at least 4 members (excludes halogenated alkanes) is 2. The summed E-state index contributed by atoms with van der Waals surface area (Å²) in [6.45, 7) is 5.47. The van der Waals surface area contributed by atoms with Crippen LogP contribution in [0.25, 0.3) is 11.4 Å². The second-order valence-corrected chi connectivity index (χ2v) is 6.14. The number of carbonyl (C=O) groups excluding carboxylic acids is 1. The van der Waals surface area contributed by atoms with Crippen molar-refractivity contribution in [2.24, 2.45) is 0 Å². The molecule has 0 aliphatic heterocycles. The fourth-order valence-corrected chi connectivity index (χ4v) is 2.37. The standard InChI is InChI=1S/C21H26N2O4/c1-3-4-5-6-17-13-22-20(23-14-17)18-7-9-19(10-8-18)26-11-12-27-21(25)16(2)15-24/h7-10,13-14,24H,2-6,11-12,15H2,1H3. The van der Waals surface area contributed by atoms with Crippen LogP contribution in [-0.4, -0.2) is 40.9 Å². The summed E-state index contributed by atoms with van der Waals surface area (Å²) in [4.78, 5) is 20.2. The van der Waals surface area contributed by atoms with Crippen molar-refractivity contribution in [3.63, 3.8) is 0 Å². The Morgan fingerprint density at radius 3 is 2.44 bits per heavy atom. The van der Waals surface area contributed by atoms with E-state index in [0.29, 0.717) is 11.6 Å². The van der Waals surface area contributed by atoms with Crippen molar-refractivity contribution in [1.29, 1.82) is 0 Å². The number of nitrogens with zero attached hydrogens (tertiary/aromatic N) is 2. The maximum absolute atomic E-state index is 11.3. The van der Waals surface area contributed by atoms with Crippen molar-refractivity contribution in [3.05, 3.63) is 54.4 Å². The third kappa shape index (κ3) is 6.83. The van der Waals surface area contributed by atoms with Crippen LogP contribution in [0.1, 0.15) is 31.7 Å². The summed E-state index contributed by atoms with van der Waals surface area (Å²) in [5.74, 6) is 0.718. The first kappa shape index (κ1) is 20.6. The summed E-state index contributed by atoms with van der Waals surface area (Å²) in [6, 6.07) is 7.42. The summed E-state index contributed by atoms with van der Waals surface area (Å²) in [7, 11) is 0. The molecule has 1 aromatic heterocycles. The first-order valence-electron chi connectivity index (χ1n) is 9.14. The Labute approximate surface area is 159 Å². The molecule has 6 heteroatoms. The molecule has 0 aliphatic carbocycles. The van der Waals surface area contributed by atoms with E-state index < -0.39 is 12.6 Å². The highest BCUT2D eigenvalue weighted by molar-refractivity contribution is 5.87. The van der Waals surface area contributed by atoms with E-state index in [9.17, 15) is 4.79 Å². The van der Waals surface area contributed by atoms with Gasteiger partial charge >= 0.3 is 5.97 Å². The minimum absolute atomic E-state index is 0.0238. The number of rotatable bonds is 11. The molecule has 0 amide bonds. The largest absolute Gasteiger partial charge is 0.490 e. The summed E-state index contributed by atoms with van der Waals surface area (Å²) in [6.07, 6.45) is 8.37. The topological polar surface area (TPSA) is 81.5 Å². The third-order valence-corrected chi connectivity index (χ3v) is 3.95. The molecule has 0 bridgehead atoms. The summed E-state index contributed by atoms with van der Waals surface area (Å²) in [5.41, 5.74) is 2.09. The van der Waals surface area contributed by atoms with Gasteiger partial charge in [0.05, 0.1) is 12.2 Å². The predicted octanol–water partition coefficient (Wildman–Crippen LogP) is 3.35. The normalized spacial score (nSPS) is 10.4. The second-order valence-electron chi connectivity index (χ2n) is 6.14. The smallest absolute Gasteiger partial charge is 0.335 e. The molecule has 1 N–H and O–H groups in total. The zero-order valence-electron chi connectivity index (χ0n) is 15.7. The van der Waals surface area contributed by atoms with Gasteiger partial charge in [0.1, 0.15) is 19.0 Å². The molecule has 0 saturated carbocycles. The second kappa shape index (κ2) is 11.1. The van der Waals surface area contributed by atoms with E-state index in [2.05, 4.69) is 23.5 Å². The Hall–Kier alpha value is -2.73. The van der Waals surface area contributed by atoms with Crippen molar-refractivity contribution in [3.8, 4) is 17.1 Å². The highest BCUT2D eigenvalue weighted by atomic mass is 16.6. The fourth-order valence-electron chi connectivity index (χ4n) is 2.37. The number of aryl methyl sites for hydroxylation is 1. The van der Waals surface area contributed by atoms with E-state index >= 15 is 0 Å². The van der Waals surface area contributed by atoms with Gasteiger partial charge in [0, 0.05) is 18.0 Å². The van der Waals surface area contributed by atoms with Gasteiger partial charge in [0.2, 0.25) is 0 Å². The van der Waals surface area contributed by atoms with Crippen LogP contribution in [0, 0.1) is 0 Å².